The molecule has 0 aliphatic carbocycles. The standard InChI is InChI=1S/C8H14ClN3OS/c1-6-10-8(14-12-6)11-7(3-4-9)5-13-2/h7H,3-5H2,1-2H3,(H,10,11,12). The first kappa shape index (κ1) is 11.7. The van der Waals surface area contributed by atoms with E-state index in [0.29, 0.717) is 12.5 Å². The van der Waals surface area contributed by atoms with Crippen molar-refractivity contribution in [2.45, 2.75) is 19.4 Å². The Morgan fingerprint density at radius 1 is 1.64 bits per heavy atom. The van der Waals surface area contributed by atoms with Crippen molar-refractivity contribution in [1.29, 1.82) is 0 Å². The highest BCUT2D eigenvalue weighted by Gasteiger charge is 2.09. The molecule has 1 N–H and O–H groups in total. The third kappa shape index (κ3) is 3.77. The number of rotatable bonds is 6. The molecule has 0 spiro atoms. The minimum atomic E-state index is 0.213. The second kappa shape index (κ2) is 6.16. The highest BCUT2D eigenvalue weighted by atomic mass is 35.5. The van der Waals surface area contributed by atoms with Crippen molar-refractivity contribution in [3.05, 3.63) is 5.82 Å². The van der Waals surface area contributed by atoms with Gasteiger partial charge in [0.15, 0.2) is 0 Å². The van der Waals surface area contributed by atoms with Crippen LogP contribution in [0.1, 0.15) is 12.2 Å². The first-order chi connectivity index (χ1) is 6.76. The molecule has 80 valence electrons. The van der Waals surface area contributed by atoms with Gasteiger partial charge in [0.05, 0.1) is 12.6 Å². The number of halogens is 1. The number of hydrogen-bond acceptors (Lipinski definition) is 5. The van der Waals surface area contributed by atoms with Crippen LogP contribution < -0.4 is 5.32 Å². The van der Waals surface area contributed by atoms with Crippen molar-refractivity contribution in [2.24, 2.45) is 0 Å². The molecular formula is C8H14ClN3OS. The summed E-state index contributed by atoms with van der Waals surface area (Å²) >= 11 is 7.03. The van der Waals surface area contributed by atoms with Gasteiger partial charge in [-0.25, -0.2) is 4.98 Å². The van der Waals surface area contributed by atoms with Gasteiger partial charge in [-0.2, -0.15) is 4.37 Å². The predicted octanol–water partition coefficient (Wildman–Crippen LogP) is 1.90. The first-order valence-corrected chi connectivity index (χ1v) is 5.68. The van der Waals surface area contributed by atoms with E-state index in [1.165, 1.54) is 11.5 Å². The number of nitrogens with zero attached hydrogens (tertiary/aromatic N) is 2. The van der Waals surface area contributed by atoms with Crippen molar-refractivity contribution in [1.82, 2.24) is 9.36 Å². The van der Waals surface area contributed by atoms with Gasteiger partial charge in [-0.1, -0.05) is 0 Å². The Hall–Kier alpha value is -0.390. The van der Waals surface area contributed by atoms with E-state index in [-0.39, 0.29) is 6.04 Å². The van der Waals surface area contributed by atoms with Crippen LogP contribution in [0.4, 0.5) is 5.13 Å². The summed E-state index contributed by atoms with van der Waals surface area (Å²) in [5.74, 6) is 1.40. The number of anilines is 1. The molecule has 6 heteroatoms. The molecule has 1 aromatic rings. The SMILES string of the molecule is COCC(CCCl)Nc1nc(C)ns1. The van der Waals surface area contributed by atoms with E-state index < -0.39 is 0 Å². The summed E-state index contributed by atoms with van der Waals surface area (Å²) in [5, 5.41) is 4.07. The minimum absolute atomic E-state index is 0.213. The lowest BCUT2D eigenvalue weighted by Crippen LogP contribution is -2.25. The van der Waals surface area contributed by atoms with Crippen LogP contribution in [0.2, 0.25) is 0 Å². The largest absolute Gasteiger partial charge is 0.383 e. The maximum atomic E-state index is 5.68. The van der Waals surface area contributed by atoms with Gasteiger partial charge in [-0.15, -0.1) is 11.6 Å². The molecule has 0 aromatic carbocycles. The van der Waals surface area contributed by atoms with Gasteiger partial charge in [0.2, 0.25) is 5.13 Å². The van der Waals surface area contributed by atoms with Crippen LogP contribution in [-0.2, 0) is 4.74 Å². The lowest BCUT2D eigenvalue weighted by molar-refractivity contribution is 0.184. The number of methoxy groups -OCH3 is 1. The van der Waals surface area contributed by atoms with Crippen molar-refractivity contribution in [2.75, 3.05) is 24.9 Å². The minimum Gasteiger partial charge on any atom is -0.383 e. The summed E-state index contributed by atoms with van der Waals surface area (Å²) in [6.07, 6.45) is 0.855. The third-order valence-electron chi connectivity index (χ3n) is 1.68. The first-order valence-electron chi connectivity index (χ1n) is 4.38. The van der Waals surface area contributed by atoms with Crippen molar-refractivity contribution < 1.29 is 4.74 Å². The normalized spacial score (nSPS) is 12.8. The number of alkyl halides is 1. The van der Waals surface area contributed by atoms with E-state index in [2.05, 4.69) is 14.7 Å². The molecule has 0 radical (unpaired) electrons. The fourth-order valence-corrected chi connectivity index (χ4v) is 1.98. The van der Waals surface area contributed by atoms with Gasteiger partial charge in [0.25, 0.3) is 0 Å². The van der Waals surface area contributed by atoms with Crippen LogP contribution in [0.15, 0.2) is 0 Å². The molecule has 0 saturated carbocycles. The fourth-order valence-electron chi connectivity index (χ4n) is 1.06. The maximum absolute atomic E-state index is 5.68. The Morgan fingerprint density at radius 3 is 2.93 bits per heavy atom. The Balaban J connectivity index is 2.46. The van der Waals surface area contributed by atoms with E-state index >= 15 is 0 Å². The quantitative estimate of drug-likeness (QED) is 0.766. The van der Waals surface area contributed by atoms with Gasteiger partial charge in [0.1, 0.15) is 5.82 Å². The molecule has 0 saturated heterocycles. The second-order valence-electron chi connectivity index (χ2n) is 2.92. The van der Waals surface area contributed by atoms with Crippen LogP contribution in [0, 0.1) is 6.92 Å². The molecule has 1 heterocycles. The summed E-state index contributed by atoms with van der Waals surface area (Å²) in [5.41, 5.74) is 0. The number of hydrogen-bond donors (Lipinski definition) is 1. The number of aromatic nitrogens is 2. The molecule has 0 bridgehead atoms. The molecule has 1 rings (SSSR count). The van der Waals surface area contributed by atoms with Crippen LogP contribution in [0.3, 0.4) is 0 Å². The smallest absolute Gasteiger partial charge is 0.202 e. The predicted molar refractivity (Wildman–Crippen MR) is 59.3 cm³/mol. The highest BCUT2D eigenvalue weighted by molar-refractivity contribution is 7.09. The molecule has 1 aromatic heterocycles. The lowest BCUT2D eigenvalue weighted by Gasteiger charge is -2.15. The van der Waals surface area contributed by atoms with Crippen LogP contribution in [0.5, 0.6) is 0 Å². The van der Waals surface area contributed by atoms with Crippen LogP contribution in [0.25, 0.3) is 0 Å². The average Bonchev–Trinajstić information content (AvgIpc) is 2.52. The zero-order valence-electron chi connectivity index (χ0n) is 8.29. The Morgan fingerprint density at radius 2 is 2.43 bits per heavy atom. The van der Waals surface area contributed by atoms with E-state index in [1.807, 2.05) is 6.92 Å². The van der Waals surface area contributed by atoms with E-state index in [9.17, 15) is 0 Å². The zero-order valence-corrected chi connectivity index (χ0v) is 9.86. The summed E-state index contributed by atoms with van der Waals surface area (Å²) in [7, 11) is 1.67. The molecule has 0 amide bonds. The van der Waals surface area contributed by atoms with Gasteiger partial charge in [-0.3, -0.25) is 0 Å². The van der Waals surface area contributed by atoms with Crippen LogP contribution >= 0.6 is 23.1 Å². The molecule has 14 heavy (non-hydrogen) atoms. The second-order valence-corrected chi connectivity index (χ2v) is 4.05. The van der Waals surface area contributed by atoms with Gasteiger partial charge < -0.3 is 10.1 Å². The van der Waals surface area contributed by atoms with E-state index in [1.54, 1.807) is 7.11 Å². The average molecular weight is 236 g/mol. The highest BCUT2D eigenvalue weighted by Crippen LogP contribution is 2.13. The maximum Gasteiger partial charge on any atom is 0.202 e. The molecular weight excluding hydrogens is 222 g/mol. The van der Waals surface area contributed by atoms with E-state index in [0.717, 1.165) is 17.4 Å². The monoisotopic (exact) mass is 235 g/mol. The molecule has 0 aliphatic rings. The lowest BCUT2D eigenvalue weighted by atomic mass is 10.2. The molecule has 0 fully saturated rings. The van der Waals surface area contributed by atoms with Crippen molar-refractivity contribution in [3.63, 3.8) is 0 Å². The Labute approximate surface area is 92.8 Å². The summed E-state index contributed by atoms with van der Waals surface area (Å²) < 4.78 is 9.16. The summed E-state index contributed by atoms with van der Waals surface area (Å²) in [6, 6.07) is 0.213. The summed E-state index contributed by atoms with van der Waals surface area (Å²) in [6.45, 7) is 2.50. The van der Waals surface area contributed by atoms with E-state index in [4.69, 9.17) is 16.3 Å². The Kier molecular flexibility index (Phi) is 5.14. The molecule has 0 aliphatic heterocycles. The number of ether oxygens (including phenoxy) is 1. The zero-order chi connectivity index (χ0) is 10.4. The Bertz CT molecular complexity index is 263. The van der Waals surface area contributed by atoms with Crippen molar-refractivity contribution in [3.8, 4) is 0 Å². The molecule has 4 nitrogen and oxygen atoms in total. The topological polar surface area (TPSA) is 47.0 Å². The van der Waals surface area contributed by atoms with Crippen LogP contribution in [-0.4, -0.2) is 35.0 Å². The van der Waals surface area contributed by atoms with Gasteiger partial charge in [-0.05, 0) is 13.3 Å². The molecule has 1 atom stereocenters. The fraction of sp³-hybridized carbons (Fsp3) is 0.750. The van der Waals surface area contributed by atoms with Gasteiger partial charge in [0, 0.05) is 24.5 Å². The summed E-state index contributed by atoms with van der Waals surface area (Å²) in [4.78, 5) is 4.21. The van der Waals surface area contributed by atoms with Crippen molar-refractivity contribution >= 4 is 28.3 Å². The number of aryl methyl sites for hydroxylation is 1. The third-order valence-corrected chi connectivity index (χ3v) is 2.64. The van der Waals surface area contributed by atoms with Gasteiger partial charge >= 0.3 is 0 Å². The number of nitrogens with one attached hydrogen (secondary N) is 1. The molecule has 1 unspecified atom stereocenters.